The van der Waals surface area contributed by atoms with E-state index >= 15 is 0 Å². The van der Waals surface area contributed by atoms with Crippen molar-refractivity contribution in [2.24, 2.45) is 0 Å². The summed E-state index contributed by atoms with van der Waals surface area (Å²) in [4.78, 5) is 27.1. The number of benzene rings is 2. The molecule has 0 saturated carbocycles. The number of carbonyl (C=O) groups excluding carboxylic acids is 2. The molecule has 34 heavy (non-hydrogen) atoms. The first kappa shape index (κ1) is 27.8. The molecule has 0 bridgehead atoms. The number of sulfonamides is 1. The number of nitrogens with zero attached hydrogens (tertiary/aromatic N) is 2. The minimum Gasteiger partial charge on any atom is -0.354 e. The van der Waals surface area contributed by atoms with Crippen LogP contribution in [0.15, 0.2) is 36.4 Å². The van der Waals surface area contributed by atoms with E-state index in [1.165, 1.54) is 24.0 Å². The van der Waals surface area contributed by atoms with Crippen LogP contribution in [0.1, 0.15) is 25.8 Å². The summed E-state index contributed by atoms with van der Waals surface area (Å²) in [7, 11) is -4.06. The maximum Gasteiger partial charge on any atom is 0.244 e. The predicted octanol–water partition coefficient (Wildman–Crippen LogP) is 3.98. The van der Waals surface area contributed by atoms with Crippen LogP contribution < -0.4 is 9.62 Å². The van der Waals surface area contributed by atoms with Crippen LogP contribution in [0.3, 0.4) is 0 Å². The SMILES string of the molecule is CCCNC(=O)[C@H](C)N(Cc1ccc(Cl)c(Cl)c1)C(=O)CN(c1ccc(F)c(F)c1)S(C)(=O)=O. The standard InChI is InChI=1S/C22H25Cl2F2N3O4S/c1-4-9-27-22(31)14(2)28(12-15-5-7-17(23)18(24)10-15)21(30)13-29(34(3,32)33)16-6-8-19(25)20(26)11-16/h5-8,10-11,14H,4,9,12-13H2,1-3H3,(H,27,31)/t14-/m0/s1. The first-order valence-corrected chi connectivity index (χ1v) is 12.9. The molecule has 0 aromatic heterocycles. The highest BCUT2D eigenvalue weighted by Gasteiger charge is 2.30. The smallest absolute Gasteiger partial charge is 0.244 e. The van der Waals surface area contributed by atoms with Gasteiger partial charge in [-0.2, -0.15) is 0 Å². The zero-order valence-corrected chi connectivity index (χ0v) is 21.1. The Hall–Kier alpha value is -2.43. The second kappa shape index (κ2) is 11.8. The Labute approximate surface area is 207 Å². The van der Waals surface area contributed by atoms with Crippen LogP contribution in [0.4, 0.5) is 14.5 Å². The topological polar surface area (TPSA) is 86.8 Å². The first-order chi connectivity index (χ1) is 15.8. The van der Waals surface area contributed by atoms with Gasteiger partial charge >= 0.3 is 0 Å². The molecule has 1 atom stereocenters. The fourth-order valence-corrected chi connectivity index (χ4v) is 4.23. The zero-order valence-electron chi connectivity index (χ0n) is 18.8. The van der Waals surface area contributed by atoms with Gasteiger partial charge in [-0.3, -0.25) is 13.9 Å². The van der Waals surface area contributed by atoms with Gasteiger partial charge in [-0.25, -0.2) is 17.2 Å². The van der Waals surface area contributed by atoms with E-state index in [-0.39, 0.29) is 17.3 Å². The molecule has 0 spiro atoms. The average molecular weight is 536 g/mol. The highest BCUT2D eigenvalue weighted by molar-refractivity contribution is 7.92. The average Bonchev–Trinajstić information content (AvgIpc) is 2.77. The fourth-order valence-electron chi connectivity index (χ4n) is 3.07. The van der Waals surface area contributed by atoms with E-state index in [2.05, 4.69) is 5.32 Å². The Balaban J connectivity index is 2.41. The molecule has 0 unspecified atom stereocenters. The van der Waals surface area contributed by atoms with Gasteiger partial charge in [0.25, 0.3) is 0 Å². The maximum atomic E-state index is 13.8. The molecule has 0 heterocycles. The third-order valence-electron chi connectivity index (χ3n) is 4.92. The number of nitrogens with one attached hydrogen (secondary N) is 1. The van der Waals surface area contributed by atoms with Gasteiger partial charge in [0.1, 0.15) is 12.6 Å². The highest BCUT2D eigenvalue weighted by atomic mass is 35.5. The van der Waals surface area contributed by atoms with E-state index in [0.29, 0.717) is 33.9 Å². The van der Waals surface area contributed by atoms with Crippen molar-refractivity contribution in [1.82, 2.24) is 10.2 Å². The largest absolute Gasteiger partial charge is 0.354 e. The van der Waals surface area contributed by atoms with Crippen molar-refractivity contribution in [2.45, 2.75) is 32.9 Å². The van der Waals surface area contributed by atoms with Crippen LogP contribution in [-0.2, 0) is 26.2 Å². The summed E-state index contributed by atoms with van der Waals surface area (Å²) in [5.74, 6) is -3.60. The number of rotatable bonds is 10. The Morgan fingerprint density at radius 2 is 1.74 bits per heavy atom. The molecule has 0 radical (unpaired) electrons. The number of amides is 2. The molecule has 0 fully saturated rings. The summed E-state index contributed by atoms with van der Waals surface area (Å²) in [6.45, 7) is 2.95. The van der Waals surface area contributed by atoms with Crippen molar-refractivity contribution in [3.8, 4) is 0 Å². The molecule has 0 aliphatic carbocycles. The Morgan fingerprint density at radius 1 is 1.06 bits per heavy atom. The lowest BCUT2D eigenvalue weighted by Crippen LogP contribution is -2.51. The van der Waals surface area contributed by atoms with Gasteiger partial charge in [0.2, 0.25) is 21.8 Å². The molecule has 2 aromatic carbocycles. The van der Waals surface area contributed by atoms with E-state index in [0.717, 1.165) is 18.4 Å². The van der Waals surface area contributed by atoms with E-state index < -0.39 is 46.1 Å². The molecule has 0 saturated heterocycles. The van der Waals surface area contributed by atoms with Gasteiger partial charge in [0.15, 0.2) is 11.6 Å². The van der Waals surface area contributed by atoms with Gasteiger partial charge in [-0.15, -0.1) is 0 Å². The molecule has 1 N–H and O–H groups in total. The van der Waals surface area contributed by atoms with Crippen molar-refractivity contribution in [2.75, 3.05) is 23.7 Å². The number of hydrogen-bond acceptors (Lipinski definition) is 4. The normalized spacial score (nSPS) is 12.2. The number of halogens is 4. The molecule has 0 aliphatic rings. The monoisotopic (exact) mass is 535 g/mol. The van der Waals surface area contributed by atoms with Gasteiger partial charge in [-0.1, -0.05) is 36.2 Å². The minimum absolute atomic E-state index is 0.0776. The summed E-state index contributed by atoms with van der Waals surface area (Å²) >= 11 is 12.0. The van der Waals surface area contributed by atoms with E-state index in [1.54, 1.807) is 6.07 Å². The minimum atomic E-state index is -4.06. The molecular weight excluding hydrogens is 511 g/mol. The quantitative estimate of drug-likeness (QED) is 0.498. The van der Waals surface area contributed by atoms with Crippen molar-refractivity contribution in [3.05, 3.63) is 63.6 Å². The molecule has 7 nitrogen and oxygen atoms in total. The molecule has 12 heteroatoms. The predicted molar refractivity (Wildman–Crippen MR) is 128 cm³/mol. The van der Waals surface area contributed by atoms with Crippen LogP contribution in [0, 0.1) is 11.6 Å². The van der Waals surface area contributed by atoms with Gasteiger partial charge in [0, 0.05) is 19.2 Å². The molecule has 186 valence electrons. The van der Waals surface area contributed by atoms with E-state index in [1.807, 2.05) is 6.92 Å². The number of hydrogen-bond donors (Lipinski definition) is 1. The lowest BCUT2D eigenvalue weighted by atomic mass is 10.1. The van der Waals surface area contributed by atoms with Crippen molar-refractivity contribution < 1.29 is 26.8 Å². The van der Waals surface area contributed by atoms with Crippen molar-refractivity contribution in [3.63, 3.8) is 0 Å². The summed E-state index contributed by atoms with van der Waals surface area (Å²) < 4.78 is 52.6. The highest BCUT2D eigenvalue weighted by Crippen LogP contribution is 2.25. The molecule has 0 aliphatic heterocycles. The summed E-state index contributed by atoms with van der Waals surface area (Å²) in [5, 5.41) is 3.25. The third kappa shape index (κ3) is 7.28. The summed E-state index contributed by atoms with van der Waals surface area (Å²) in [5.41, 5.74) is 0.323. The Morgan fingerprint density at radius 3 is 2.29 bits per heavy atom. The summed E-state index contributed by atoms with van der Waals surface area (Å²) in [6.07, 6.45) is 1.51. The van der Waals surface area contributed by atoms with Gasteiger partial charge in [0.05, 0.1) is 22.0 Å². The third-order valence-corrected chi connectivity index (χ3v) is 6.80. The van der Waals surface area contributed by atoms with Crippen LogP contribution in [0.25, 0.3) is 0 Å². The van der Waals surface area contributed by atoms with E-state index in [4.69, 9.17) is 23.2 Å². The molecular formula is C22H25Cl2F2N3O4S. The fraction of sp³-hybridized carbons (Fsp3) is 0.364. The second-order valence-corrected chi connectivity index (χ2v) is 10.3. The number of anilines is 1. The van der Waals surface area contributed by atoms with Crippen LogP contribution >= 0.6 is 23.2 Å². The molecule has 2 aromatic rings. The van der Waals surface area contributed by atoms with Crippen LogP contribution in [0.2, 0.25) is 10.0 Å². The maximum absolute atomic E-state index is 13.8. The molecule has 2 rings (SSSR count). The second-order valence-electron chi connectivity index (χ2n) is 7.61. The lowest BCUT2D eigenvalue weighted by molar-refractivity contribution is -0.139. The van der Waals surface area contributed by atoms with E-state index in [9.17, 15) is 26.8 Å². The number of carbonyl (C=O) groups is 2. The zero-order chi connectivity index (χ0) is 25.6. The first-order valence-electron chi connectivity index (χ1n) is 10.3. The molecule has 2 amide bonds. The summed E-state index contributed by atoms with van der Waals surface area (Å²) in [6, 6.07) is 6.21. The lowest BCUT2D eigenvalue weighted by Gasteiger charge is -2.31. The van der Waals surface area contributed by atoms with Gasteiger partial charge in [-0.05, 0) is 43.2 Å². The van der Waals surface area contributed by atoms with Crippen LogP contribution in [-0.4, -0.2) is 50.5 Å². The van der Waals surface area contributed by atoms with Crippen LogP contribution in [0.5, 0.6) is 0 Å². The Bertz CT molecular complexity index is 1160. The Kier molecular flexibility index (Phi) is 9.66. The van der Waals surface area contributed by atoms with Crippen molar-refractivity contribution >= 4 is 50.7 Å². The van der Waals surface area contributed by atoms with Gasteiger partial charge < -0.3 is 10.2 Å². The van der Waals surface area contributed by atoms with Crippen molar-refractivity contribution in [1.29, 1.82) is 0 Å².